The SMILES string of the molecule is Nc1c(-c2cc(F)ccc2F)ccnc1C1(F)CCC(F)(F)CC1. The molecule has 1 aliphatic carbocycles. The van der Waals surface area contributed by atoms with E-state index >= 15 is 4.39 Å². The third-order valence-corrected chi connectivity index (χ3v) is 4.41. The average Bonchev–Trinajstić information content (AvgIpc) is 2.53. The highest BCUT2D eigenvalue weighted by Crippen LogP contribution is 2.48. The quantitative estimate of drug-likeness (QED) is 0.782. The molecule has 0 unspecified atom stereocenters. The lowest BCUT2D eigenvalue weighted by Gasteiger charge is -2.34. The molecule has 128 valence electrons. The zero-order chi connectivity index (χ0) is 17.5. The summed E-state index contributed by atoms with van der Waals surface area (Å²) in [6, 6.07) is 4.19. The molecule has 3 rings (SSSR count). The normalized spacial score (nSPS) is 19.2. The smallest absolute Gasteiger partial charge is 0.248 e. The van der Waals surface area contributed by atoms with E-state index in [1.165, 1.54) is 12.3 Å². The fourth-order valence-corrected chi connectivity index (χ4v) is 3.02. The summed E-state index contributed by atoms with van der Waals surface area (Å²) in [5.74, 6) is -4.30. The van der Waals surface area contributed by atoms with Gasteiger partial charge in [0.05, 0.1) is 5.69 Å². The van der Waals surface area contributed by atoms with Crippen molar-refractivity contribution in [2.24, 2.45) is 0 Å². The predicted molar refractivity (Wildman–Crippen MR) is 80.2 cm³/mol. The molecule has 1 saturated carbocycles. The van der Waals surface area contributed by atoms with Crippen molar-refractivity contribution in [3.05, 3.63) is 47.8 Å². The fraction of sp³-hybridized carbons (Fsp3) is 0.353. The maximum atomic E-state index is 15.1. The highest BCUT2D eigenvalue weighted by molar-refractivity contribution is 5.78. The van der Waals surface area contributed by atoms with Crippen molar-refractivity contribution in [2.45, 2.75) is 37.3 Å². The third kappa shape index (κ3) is 2.95. The molecule has 7 heteroatoms. The molecular weight excluding hydrogens is 327 g/mol. The van der Waals surface area contributed by atoms with E-state index in [0.717, 1.165) is 18.2 Å². The Balaban J connectivity index is 2.05. The third-order valence-electron chi connectivity index (χ3n) is 4.41. The molecule has 24 heavy (non-hydrogen) atoms. The number of nitrogens with two attached hydrogens (primary N) is 1. The molecule has 0 atom stereocenters. The first-order chi connectivity index (χ1) is 11.2. The lowest BCUT2D eigenvalue weighted by molar-refractivity contribution is -0.0783. The Bertz CT molecular complexity index is 766. The number of rotatable bonds is 2. The molecule has 0 bridgehead atoms. The lowest BCUT2D eigenvalue weighted by Crippen LogP contribution is -2.34. The largest absolute Gasteiger partial charge is 0.397 e. The van der Waals surface area contributed by atoms with Gasteiger partial charge in [-0.05, 0) is 37.1 Å². The molecule has 1 heterocycles. The second-order valence-corrected chi connectivity index (χ2v) is 6.07. The van der Waals surface area contributed by atoms with Crippen LogP contribution in [0.25, 0.3) is 11.1 Å². The van der Waals surface area contributed by atoms with E-state index in [0.29, 0.717) is 0 Å². The molecule has 1 aliphatic rings. The number of nitrogens with zero attached hydrogens (tertiary/aromatic N) is 1. The molecule has 2 aromatic rings. The number of hydrogen-bond donors (Lipinski definition) is 1. The van der Waals surface area contributed by atoms with E-state index in [4.69, 9.17) is 5.73 Å². The van der Waals surface area contributed by atoms with Crippen molar-refractivity contribution in [1.82, 2.24) is 4.98 Å². The Hall–Kier alpha value is -2.18. The molecule has 1 aromatic carbocycles. The number of hydrogen-bond acceptors (Lipinski definition) is 2. The van der Waals surface area contributed by atoms with Crippen molar-refractivity contribution in [1.29, 1.82) is 0 Å². The lowest BCUT2D eigenvalue weighted by atomic mass is 9.80. The number of benzene rings is 1. The summed E-state index contributed by atoms with van der Waals surface area (Å²) in [6.45, 7) is 0. The van der Waals surface area contributed by atoms with Gasteiger partial charge in [0.2, 0.25) is 5.92 Å². The molecule has 1 aromatic heterocycles. The summed E-state index contributed by atoms with van der Waals surface area (Å²) in [5.41, 5.74) is 3.45. The second kappa shape index (κ2) is 5.72. The number of anilines is 1. The van der Waals surface area contributed by atoms with Crippen LogP contribution >= 0.6 is 0 Å². The molecule has 0 radical (unpaired) electrons. The van der Waals surface area contributed by atoms with E-state index in [1.807, 2.05) is 0 Å². The zero-order valence-corrected chi connectivity index (χ0v) is 12.6. The van der Waals surface area contributed by atoms with Gasteiger partial charge in [-0.25, -0.2) is 22.0 Å². The number of nitrogen functional groups attached to an aromatic ring is 1. The first-order valence-corrected chi connectivity index (χ1v) is 7.49. The van der Waals surface area contributed by atoms with Gasteiger partial charge in [0.25, 0.3) is 0 Å². The monoisotopic (exact) mass is 342 g/mol. The minimum atomic E-state index is -2.91. The van der Waals surface area contributed by atoms with E-state index in [1.54, 1.807) is 0 Å². The van der Waals surface area contributed by atoms with Gasteiger partial charge >= 0.3 is 0 Å². The first-order valence-electron chi connectivity index (χ1n) is 7.49. The van der Waals surface area contributed by atoms with E-state index in [-0.39, 0.29) is 22.5 Å². The van der Waals surface area contributed by atoms with Gasteiger partial charge in [-0.2, -0.15) is 0 Å². The van der Waals surface area contributed by atoms with E-state index < -0.39 is 48.9 Å². The molecular formula is C17H15F5N2. The van der Waals surface area contributed by atoms with Gasteiger partial charge in [0, 0.05) is 30.2 Å². The molecule has 2 nitrogen and oxygen atoms in total. The molecule has 2 N–H and O–H groups in total. The summed E-state index contributed by atoms with van der Waals surface area (Å²) in [6.07, 6.45) is -0.843. The molecule has 0 saturated heterocycles. The van der Waals surface area contributed by atoms with Gasteiger partial charge in [-0.15, -0.1) is 0 Å². The Morgan fingerprint density at radius 2 is 1.58 bits per heavy atom. The van der Waals surface area contributed by atoms with Crippen molar-refractivity contribution in [3.63, 3.8) is 0 Å². The van der Waals surface area contributed by atoms with Gasteiger partial charge in [-0.3, -0.25) is 4.98 Å². The summed E-state index contributed by atoms with van der Waals surface area (Å²) < 4.78 is 69.1. The van der Waals surface area contributed by atoms with E-state index in [9.17, 15) is 17.6 Å². The maximum Gasteiger partial charge on any atom is 0.248 e. The Labute approximate surface area is 135 Å². The summed E-state index contributed by atoms with van der Waals surface area (Å²) in [4.78, 5) is 3.90. The van der Waals surface area contributed by atoms with Crippen LogP contribution in [0.1, 0.15) is 31.4 Å². The predicted octanol–water partition coefficient (Wildman–Crippen LogP) is 4.98. The van der Waals surface area contributed by atoms with Crippen molar-refractivity contribution in [3.8, 4) is 11.1 Å². The van der Waals surface area contributed by atoms with Gasteiger partial charge in [0.1, 0.15) is 17.3 Å². The van der Waals surface area contributed by atoms with Crippen LogP contribution in [0, 0.1) is 11.6 Å². The minimum Gasteiger partial charge on any atom is -0.397 e. The molecule has 0 amide bonds. The van der Waals surface area contributed by atoms with Crippen LogP contribution in [0.4, 0.5) is 27.6 Å². The molecule has 0 aliphatic heterocycles. The fourth-order valence-electron chi connectivity index (χ4n) is 3.02. The van der Waals surface area contributed by atoms with Crippen LogP contribution in [0.2, 0.25) is 0 Å². The van der Waals surface area contributed by atoms with E-state index in [2.05, 4.69) is 4.98 Å². The number of pyridine rings is 1. The Morgan fingerprint density at radius 1 is 0.917 bits per heavy atom. The number of alkyl halides is 3. The Morgan fingerprint density at radius 3 is 2.25 bits per heavy atom. The minimum absolute atomic E-state index is 0.0892. The van der Waals surface area contributed by atoms with Crippen LogP contribution in [0.3, 0.4) is 0 Å². The Kier molecular flexibility index (Phi) is 3.97. The highest BCUT2D eigenvalue weighted by atomic mass is 19.3. The maximum absolute atomic E-state index is 15.1. The second-order valence-electron chi connectivity index (χ2n) is 6.07. The van der Waals surface area contributed by atoms with Crippen molar-refractivity contribution >= 4 is 5.69 Å². The number of aromatic nitrogens is 1. The van der Waals surface area contributed by atoms with Gasteiger partial charge in [0.15, 0.2) is 5.67 Å². The van der Waals surface area contributed by atoms with Gasteiger partial charge in [-0.1, -0.05) is 0 Å². The topological polar surface area (TPSA) is 38.9 Å². The van der Waals surface area contributed by atoms with Crippen LogP contribution in [-0.4, -0.2) is 10.9 Å². The van der Waals surface area contributed by atoms with Crippen LogP contribution in [-0.2, 0) is 5.67 Å². The van der Waals surface area contributed by atoms with Crippen LogP contribution < -0.4 is 5.73 Å². The summed E-state index contributed by atoms with van der Waals surface area (Å²) in [7, 11) is 0. The van der Waals surface area contributed by atoms with Crippen LogP contribution in [0.5, 0.6) is 0 Å². The zero-order valence-electron chi connectivity index (χ0n) is 12.6. The van der Waals surface area contributed by atoms with Crippen LogP contribution in [0.15, 0.2) is 30.5 Å². The molecule has 0 spiro atoms. The standard InChI is InChI=1S/C17H15F5N2/c18-10-1-2-13(19)12(9-10)11-3-8-24-15(14(11)23)16(20)4-6-17(21,22)7-5-16/h1-3,8-9H,4-7,23H2. The average molecular weight is 342 g/mol. The summed E-state index contributed by atoms with van der Waals surface area (Å²) in [5, 5.41) is 0. The van der Waals surface area contributed by atoms with Gasteiger partial charge < -0.3 is 5.73 Å². The van der Waals surface area contributed by atoms with Crippen molar-refractivity contribution < 1.29 is 22.0 Å². The molecule has 1 fully saturated rings. The highest BCUT2D eigenvalue weighted by Gasteiger charge is 2.46. The number of halogens is 5. The summed E-state index contributed by atoms with van der Waals surface area (Å²) >= 11 is 0. The first kappa shape index (κ1) is 16.7. The van der Waals surface area contributed by atoms with Crippen molar-refractivity contribution in [2.75, 3.05) is 5.73 Å².